The van der Waals surface area contributed by atoms with Crippen molar-refractivity contribution in [2.75, 3.05) is 0 Å². The van der Waals surface area contributed by atoms with Crippen LogP contribution >= 0.6 is 0 Å². The molecule has 0 saturated heterocycles. The second-order valence-electron chi connectivity index (χ2n) is 4.68. The number of fused-ring (bicyclic) bond motifs is 1. The Bertz CT molecular complexity index is 533. The fourth-order valence-corrected chi connectivity index (χ4v) is 2.74. The molecule has 0 amide bonds. The molecule has 0 unspecified atom stereocenters. The van der Waals surface area contributed by atoms with Crippen LogP contribution in [0.4, 0.5) is 0 Å². The van der Waals surface area contributed by atoms with Crippen LogP contribution in [0.5, 0.6) is 0 Å². The molecule has 0 aliphatic heterocycles. The molecule has 1 aromatic heterocycles. The molecule has 1 aromatic carbocycles. The number of benzene rings is 1. The number of rotatable bonds is 1. The van der Waals surface area contributed by atoms with Crippen molar-refractivity contribution in [2.24, 2.45) is 7.05 Å². The highest BCUT2D eigenvalue weighted by Gasteiger charge is 2.15. The van der Waals surface area contributed by atoms with Crippen LogP contribution in [0.1, 0.15) is 30.7 Å². The summed E-state index contributed by atoms with van der Waals surface area (Å²) in [5.74, 6) is 0.625. The average molecular weight is 211 g/mol. The minimum absolute atomic E-state index is 0.625. The first kappa shape index (κ1) is 9.71. The van der Waals surface area contributed by atoms with Crippen molar-refractivity contribution in [2.45, 2.75) is 25.2 Å². The molecule has 0 N–H and O–H groups in total. The minimum Gasteiger partial charge on any atom is -0.350 e. The molecule has 1 nitrogen and oxygen atoms in total. The van der Waals surface area contributed by atoms with Crippen molar-refractivity contribution in [3.8, 4) is 0 Å². The molecule has 0 saturated carbocycles. The summed E-state index contributed by atoms with van der Waals surface area (Å²) in [5.41, 5.74) is 2.84. The van der Waals surface area contributed by atoms with Gasteiger partial charge in [0.05, 0.1) is 0 Å². The lowest BCUT2D eigenvalue weighted by Gasteiger charge is -2.15. The molecular weight excluding hydrogens is 194 g/mol. The summed E-state index contributed by atoms with van der Waals surface area (Å²) >= 11 is 0. The molecule has 1 heterocycles. The Balaban J connectivity index is 2.16. The average Bonchev–Trinajstić information content (AvgIpc) is 2.69. The Kier molecular flexibility index (Phi) is 2.32. The van der Waals surface area contributed by atoms with E-state index in [9.17, 15) is 0 Å². The molecule has 1 heteroatoms. The molecule has 2 aromatic rings. The molecule has 1 atom stereocenters. The molecule has 0 radical (unpaired) electrons. The van der Waals surface area contributed by atoms with E-state index in [1.54, 1.807) is 0 Å². The summed E-state index contributed by atoms with van der Waals surface area (Å²) < 4.78 is 2.24. The van der Waals surface area contributed by atoms with Crippen molar-refractivity contribution in [1.29, 1.82) is 0 Å². The van der Waals surface area contributed by atoms with Gasteiger partial charge >= 0.3 is 0 Å². The van der Waals surface area contributed by atoms with Crippen LogP contribution in [0.15, 0.2) is 42.6 Å². The van der Waals surface area contributed by atoms with Crippen molar-refractivity contribution in [3.63, 3.8) is 0 Å². The predicted octanol–water partition coefficient (Wildman–Crippen LogP) is 4.00. The van der Waals surface area contributed by atoms with E-state index in [1.807, 2.05) is 0 Å². The van der Waals surface area contributed by atoms with Gasteiger partial charge in [0.1, 0.15) is 0 Å². The van der Waals surface area contributed by atoms with E-state index >= 15 is 0 Å². The monoisotopic (exact) mass is 211 g/mol. The highest BCUT2D eigenvalue weighted by Crippen LogP contribution is 2.33. The van der Waals surface area contributed by atoms with E-state index in [1.165, 1.54) is 35.7 Å². The first-order valence-electron chi connectivity index (χ1n) is 6.07. The number of allylic oxidation sites excluding steroid dienone is 2. The molecule has 0 fully saturated rings. The summed E-state index contributed by atoms with van der Waals surface area (Å²) in [6.45, 7) is 0. The lowest BCUT2D eigenvalue weighted by atomic mass is 9.89. The van der Waals surface area contributed by atoms with Gasteiger partial charge in [0.25, 0.3) is 0 Å². The van der Waals surface area contributed by atoms with Gasteiger partial charge in [-0.25, -0.2) is 0 Å². The Labute approximate surface area is 96.4 Å². The number of nitrogens with zero attached hydrogens (tertiary/aromatic N) is 1. The topological polar surface area (TPSA) is 4.93 Å². The Morgan fingerprint density at radius 3 is 2.94 bits per heavy atom. The summed E-state index contributed by atoms with van der Waals surface area (Å²) in [5, 5.41) is 1.42. The van der Waals surface area contributed by atoms with Gasteiger partial charge in [-0.15, -0.1) is 0 Å². The summed E-state index contributed by atoms with van der Waals surface area (Å²) in [7, 11) is 2.14. The van der Waals surface area contributed by atoms with Crippen LogP contribution in [0.2, 0.25) is 0 Å². The third kappa shape index (κ3) is 1.47. The minimum atomic E-state index is 0.625. The SMILES string of the molecule is Cn1cc([C@H]2C=CCCC2)c2ccccc21. The zero-order chi connectivity index (χ0) is 11.0. The van der Waals surface area contributed by atoms with Gasteiger partial charge in [0, 0.05) is 30.1 Å². The van der Waals surface area contributed by atoms with Gasteiger partial charge in [-0.05, 0) is 30.9 Å². The standard InChI is InChI=1S/C15H17N/c1-16-11-14(12-7-3-2-4-8-12)13-9-5-6-10-15(13)16/h3,5-7,9-12H,2,4,8H2,1H3/t12-/m0/s1. The maximum Gasteiger partial charge on any atom is 0.0480 e. The number of aryl methyl sites for hydroxylation is 1. The zero-order valence-corrected chi connectivity index (χ0v) is 9.69. The fraction of sp³-hybridized carbons (Fsp3) is 0.333. The van der Waals surface area contributed by atoms with Crippen molar-refractivity contribution < 1.29 is 0 Å². The molecule has 1 aliphatic rings. The lowest BCUT2D eigenvalue weighted by Crippen LogP contribution is -1.98. The van der Waals surface area contributed by atoms with Crippen molar-refractivity contribution >= 4 is 10.9 Å². The van der Waals surface area contributed by atoms with E-state index in [-0.39, 0.29) is 0 Å². The Morgan fingerprint density at radius 1 is 1.25 bits per heavy atom. The molecule has 0 bridgehead atoms. The van der Waals surface area contributed by atoms with E-state index < -0.39 is 0 Å². The van der Waals surface area contributed by atoms with Crippen LogP contribution in [0.3, 0.4) is 0 Å². The van der Waals surface area contributed by atoms with E-state index in [2.05, 4.69) is 54.2 Å². The smallest absolute Gasteiger partial charge is 0.0480 e. The summed E-state index contributed by atoms with van der Waals surface area (Å²) in [6, 6.07) is 8.69. The summed E-state index contributed by atoms with van der Waals surface area (Å²) in [4.78, 5) is 0. The normalized spacial score (nSPS) is 20.4. The third-order valence-corrected chi connectivity index (χ3v) is 3.58. The second-order valence-corrected chi connectivity index (χ2v) is 4.68. The first-order chi connectivity index (χ1) is 7.86. The Hall–Kier alpha value is -1.50. The van der Waals surface area contributed by atoms with Crippen molar-refractivity contribution in [1.82, 2.24) is 4.57 Å². The van der Waals surface area contributed by atoms with Crippen LogP contribution < -0.4 is 0 Å². The van der Waals surface area contributed by atoms with Gasteiger partial charge in [0.15, 0.2) is 0 Å². The highest BCUT2D eigenvalue weighted by molar-refractivity contribution is 5.84. The van der Waals surface area contributed by atoms with Crippen LogP contribution in [-0.2, 0) is 7.05 Å². The first-order valence-corrected chi connectivity index (χ1v) is 6.07. The van der Waals surface area contributed by atoms with Gasteiger partial charge in [-0.3, -0.25) is 0 Å². The maximum atomic E-state index is 2.38. The fourth-order valence-electron chi connectivity index (χ4n) is 2.74. The van der Waals surface area contributed by atoms with E-state index in [0.717, 1.165) is 0 Å². The number of hydrogen-bond acceptors (Lipinski definition) is 0. The maximum absolute atomic E-state index is 2.38. The van der Waals surface area contributed by atoms with Gasteiger partial charge < -0.3 is 4.57 Å². The zero-order valence-electron chi connectivity index (χ0n) is 9.69. The number of para-hydroxylation sites is 1. The Morgan fingerprint density at radius 2 is 2.12 bits per heavy atom. The number of aromatic nitrogens is 1. The van der Waals surface area contributed by atoms with Gasteiger partial charge in [-0.2, -0.15) is 0 Å². The van der Waals surface area contributed by atoms with Crippen molar-refractivity contribution in [3.05, 3.63) is 48.2 Å². The molecule has 16 heavy (non-hydrogen) atoms. The molecule has 3 rings (SSSR count). The lowest BCUT2D eigenvalue weighted by molar-refractivity contribution is 0.656. The molecule has 1 aliphatic carbocycles. The third-order valence-electron chi connectivity index (χ3n) is 3.58. The van der Waals surface area contributed by atoms with Gasteiger partial charge in [-0.1, -0.05) is 30.4 Å². The van der Waals surface area contributed by atoms with Crippen LogP contribution in [0, 0.1) is 0 Å². The van der Waals surface area contributed by atoms with E-state index in [4.69, 9.17) is 0 Å². The molecular formula is C15H17N. The van der Waals surface area contributed by atoms with Gasteiger partial charge in [0.2, 0.25) is 0 Å². The highest BCUT2D eigenvalue weighted by atomic mass is 14.9. The quantitative estimate of drug-likeness (QED) is 0.628. The van der Waals surface area contributed by atoms with Crippen LogP contribution in [-0.4, -0.2) is 4.57 Å². The molecule has 0 spiro atoms. The summed E-state index contributed by atoms with van der Waals surface area (Å²) in [6.07, 6.45) is 10.9. The molecule has 82 valence electrons. The largest absolute Gasteiger partial charge is 0.350 e. The van der Waals surface area contributed by atoms with Crippen LogP contribution in [0.25, 0.3) is 10.9 Å². The second kappa shape index (κ2) is 3.82. The predicted molar refractivity (Wildman–Crippen MR) is 68.7 cm³/mol. The van der Waals surface area contributed by atoms with E-state index in [0.29, 0.717) is 5.92 Å². The number of hydrogen-bond donors (Lipinski definition) is 0.